The number of hydrogen-bond donors (Lipinski definition) is 1. The SMILES string of the molecule is CCOC(=O)C[C@@H]1C(=O)N(OC)[C@H](c2ccc(F)cc2)[C@H]1CO. The van der Waals surface area contributed by atoms with Gasteiger partial charge in [-0.05, 0) is 24.6 Å². The van der Waals surface area contributed by atoms with E-state index in [2.05, 4.69) is 0 Å². The van der Waals surface area contributed by atoms with Gasteiger partial charge >= 0.3 is 5.97 Å². The summed E-state index contributed by atoms with van der Waals surface area (Å²) in [6, 6.07) is 5.04. The van der Waals surface area contributed by atoms with Crippen molar-refractivity contribution in [3.63, 3.8) is 0 Å². The lowest BCUT2D eigenvalue weighted by Gasteiger charge is -2.25. The molecule has 1 aliphatic rings. The highest BCUT2D eigenvalue weighted by Gasteiger charge is 2.49. The average molecular weight is 325 g/mol. The van der Waals surface area contributed by atoms with Crippen LogP contribution in [0.3, 0.4) is 0 Å². The smallest absolute Gasteiger partial charge is 0.306 e. The number of aliphatic hydroxyl groups is 1. The highest BCUT2D eigenvalue weighted by atomic mass is 19.1. The summed E-state index contributed by atoms with van der Waals surface area (Å²) >= 11 is 0. The van der Waals surface area contributed by atoms with Crippen LogP contribution < -0.4 is 0 Å². The molecule has 0 radical (unpaired) electrons. The number of esters is 1. The number of carbonyl (C=O) groups is 2. The molecular weight excluding hydrogens is 305 g/mol. The average Bonchev–Trinajstić information content (AvgIpc) is 2.80. The van der Waals surface area contributed by atoms with Gasteiger partial charge in [-0.1, -0.05) is 12.1 Å². The fourth-order valence-corrected chi connectivity index (χ4v) is 2.99. The molecule has 0 bridgehead atoms. The quantitative estimate of drug-likeness (QED) is 0.801. The molecule has 23 heavy (non-hydrogen) atoms. The van der Waals surface area contributed by atoms with E-state index in [4.69, 9.17) is 9.57 Å². The lowest BCUT2D eigenvalue weighted by Crippen LogP contribution is -2.29. The van der Waals surface area contributed by atoms with E-state index in [-0.39, 0.29) is 19.6 Å². The maximum Gasteiger partial charge on any atom is 0.306 e. The fourth-order valence-electron chi connectivity index (χ4n) is 2.99. The van der Waals surface area contributed by atoms with Gasteiger partial charge in [0, 0.05) is 12.5 Å². The van der Waals surface area contributed by atoms with Crippen molar-refractivity contribution in [2.24, 2.45) is 11.8 Å². The molecule has 1 N–H and O–H groups in total. The second-order valence-corrected chi connectivity index (χ2v) is 5.31. The van der Waals surface area contributed by atoms with Crippen LogP contribution >= 0.6 is 0 Å². The third kappa shape index (κ3) is 3.51. The maximum atomic E-state index is 13.1. The van der Waals surface area contributed by atoms with Gasteiger partial charge in [0.25, 0.3) is 5.91 Å². The molecule has 0 aromatic heterocycles. The van der Waals surface area contributed by atoms with Crippen LogP contribution in [0.2, 0.25) is 0 Å². The minimum atomic E-state index is -0.742. The van der Waals surface area contributed by atoms with Gasteiger partial charge in [0.2, 0.25) is 0 Å². The second-order valence-electron chi connectivity index (χ2n) is 5.31. The van der Waals surface area contributed by atoms with Crippen LogP contribution in [0.15, 0.2) is 24.3 Å². The molecule has 0 spiro atoms. The van der Waals surface area contributed by atoms with Crippen molar-refractivity contribution in [1.29, 1.82) is 0 Å². The minimum absolute atomic E-state index is 0.130. The van der Waals surface area contributed by atoms with Gasteiger partial charge in [-0.3, -0.25) is 14.4 Å². The molecule has 126 valence electrons. The Bertz CT molecular complexity index is 562. The maximum absolute atomic E-state index is 13.1. The zero-order valence-corrected chi connectivity index (χ0v) is 13.1. The van der Waals surface area contributed by atoms with Crippen molar-refractivity contribution >= 4 is 11.9 Å². The zero-order chi connectivity index (χ0) is 17.0. The molecule has 3 atom stereocenters. The monoisotopic (exact) mass is 325 g/mol. The number of halogens is 1. The summed E-state index contributed by atoms with van der Waals surface area (Å²) in [6.07, 6.45) is -0.130. The summed E-state index contributed by atoms with van der Waals surface area (Å²) in [6.45, 7) is 1.59. The van der Waals surface area contributed by atoms with Crippen LogP contribution in [0.4, 0.5) is 4.39 Å². The van der Waals surface area contributed by atoms with Crippen LogP contribution in [0.1, 0.15) is 24.9 Å². The fraction of sp³-hybridized carbons (Fsp3) is 0.500. The highest BCUT2D eigenvalue weighted by molar-refractivity contribution is 5.86. The van der Waals surface area contributed by atoms with Crippen LogP contribution in [0.5, 0.6) is 0 Å². The Balaban J connectivity index is 2.31. The van der Waals surface area contributed by atoms with E-state index in [9.17, 15) is 19.1 Å². The van der Waals surface area contributed by atoms with Crippen LogP contribution in [0.25, 0.3) is 0 Å². The minimum Gasteiger partial charge on any atom is -0.466 e. The van der Waals surface area contributed by atoms with E-state index < -0.39 is 35.6 Å². The van der Waals surface area contributed by atoms with E-state index in [0.29, 0.717) is 5.56 Å². The number of amides is 1. The summed E-state index contributed by atoms with van der Waals surface area (Å²) in [5, 5.41) is 10.9. The molecule has 1 aromatic carbocycles. The predicted octanol–water partition coefficient (Wildman–Crippen LogP) is 1.45. The number of ether oxygens (including phenoxy) is 1. The highest BCUT2D eigenvalue weighted by Crippen LogP contribution is 2.43. The van der Waals surface area contributed by atoms with Crippen molar-refractivity contribution in [2.45, 2.75) is 19.4 Å². The number of aliphatic hydroxyl groups excluding tert-OH is 1. The molecule has 0 saturated carbocycles. The first-order valence-corrected chi connectivity index (χ1v) is 7.42. The van der Waals surface area contributed by atoms with Gasteiger partial charge in [-0.2, -0.15) is 0 Å². The van der Waals surface area contributed by atoms with Gasteiger partial charge in [-0.25, -0.2) is 9.45 Å². The molecule has 1 aromatic rings. The topological polar surface area (TPSA) is 76.1 Å². The zero-order valence-electron chi connectivity index (χ0n) is 13.1. The largest absolute Gasteiger partial charge is 0.466 e. The first kappa shape index (κ1) is 17.4. The molecule has 1 fully saturated rings. The number of rotatable bonds is 6. The number of benzene rings is 1. The summed E-state index contributed by atoms with van der Waals surface area (Å²) in [4.78, 5) is 29.4. The molecule has 0 aliphatic carbocycles. The lowest BCUT2D eigenvalue weighted by molar-refractivity contribution is -0.181. The first-order chi connectivity index (χ1) is 11.0. The third-order valence-corrected chi connectivity index (χ3v) is 4.02. The van der Waals surface area contributed by atoms with Crippen molar-refractivity contribution in [3.8, 4) is 0 Å². The summed E-state index contributed by atoms with van der Waals surface area (Å²) in [5.41, 5.74) is 0.631. The van der Waals surface area contributed by atoms with E-state index in [1.165, 1.54) is 31.4 Å². The van der Waals surface area contributed by atoms with Crippen molar-refractivity contribution in [1.82, 2.24) is 5.06 Å². The summed E-state index contributed by atoms with van der Waals surface area (Å²) < 4.78 is 18.0. The van der Waals surface area contributed by atoms with Gasteiger partial charge in [0.05, 0.1) is 32.1 Å². The number of hydroxylamine groups is 2. The lowest BCUT2D eigenvalue weighted by atomic mass is 9.85. The van der Waals surface area contributed by atoms with Crippen molar-refractivity contribution in [2.75, 3.05) is 20.3 Å². The molecule has 0 unspecified atom stereocenters. The first-order valence-electron chi connectivity index (χ1n) is 7.42. The second kappa shape index (κ2) is 7.52. The van der Waals surface area contributed by atoms with Crippen LogP contribution in [0, 0.1) is 17.7 Å². The van der Waals surface area contributed by atoms with Gasteiger partial charge in [-0.15, -0.1) is 0 Å². The molecule has 7 heteroatoms. The molecule has 6 nitrogen and oxygen atoms in total. The van der Waals surface area contributed by atoms with Gasteiger partial charge in [0.1, 0.15) is 5.82 Å². The Hall–Kier alpha value is -1.99. The Kier molecular flexibility index (Phi) is 5.68. The van der Waals surface area contributed by atoms with Crippen molar-refractivity contribution < 1.29 is 28.7 Å². The Morgan fingerprint density at radius 3 is 2.52 bits per heavy atom. The molecule has 2 rings (SSSR count). The predicted molar refractivity (Wildman–Crippen MR) is 78.3 cm³/mol. The van der Waals surface area contributed by atoms with Crippen LogP contribution in [-0.4, -0.2) is 42.4 Å². The molecule has 1 saturated heterocycles. The van der Waals surface area contributed by atoms with E-state index in [1.807, 2.05) is 0 Å². The standard InChI is InChI=1S/C16H20FNO5/c1-3-23-14(20)8-12-13(9-19)15(18(22-2)16(12)21)10-4-6-11(17)7-5-10/h4-7,12-13,15,19H,3,8-9H2,1-2H3/t12-,13-,15+/m0/s1. The van der Waals surface area contributed by atoms with Crippen molar-refractivity contribution in [3.05, 3.63) is 35.6 Å². The van der Waals surface area contributed by atoms with E-state index >= 15 is 0 Å². The third-order valence-electron chi connectivity index (χ3n) is 4.02. The number of hydrogen-bond acceptors (Lipinski definition) is 5. The Morgan fingerprint density at radius 2 is 2.00 bits per heavy atom. The Labute approximate surface area is 133 Å². The molecular formula is C16H20FNO5. The summed E-state index contributed by atoms with van der Waals surface area (Å²) in [5.74, 6) is -2.58. The van der Waals surface area contributed by atoms with Crippen LogP contribution in [-0.2, 0) is 19.2 Å². The normalized spacial score (nSPS) is 24.1. The number of carbonyl (C=O) groups excluding carboxylic acids is 2. The Morgan fingerprint density at radius 1 is 1.35 bits per heavy atom. The molecule has 1 aliphatic heterocycles. The molecule has 1 heterocycles. The van der Waals surface area contributed by atoms with E-state index in [0.717, 1.165) is 5.06 Å². The number of nitrogens with zero attached hydrogens (tertiary/aromatic N) is 1. The van der Waals surface area contributed by atoms with Gasteiger partial charge < -0.3 is 9.84 Å². The van der Waals surface area contributed by atoms with E-state index in [1.54, 1.807) is 6.92 Å². The molecule has 1 amide bonds. The summed E-state index contributed by atoms with van der Waals surface area (Å²) in [7, 11) is 1.34. The van der Waals surface area contributed by atoms with Gasteiger partial charge in [0.15, 0.2) is 0 Å².